The maximum absolute atomic E-state index is 13.7. The van der Waals surface area contributed by atoms with Gasteiger partial charge < -0.3 is 5.11 Å². The number of benzene rings is 1. The van der Waals surface area contributed by atoms with Crippen LogP contribution in [0.2, 0.25) is 0 Å². The lowest BCUT2D eigenvalue weighted by molar-refractivity contribution is -0.142. The molecule has 0 fully saturated rings. The summed E-state index contributed by atoms with van der Waals surface area (Å²) < 4.78 is 28.2. The molecule has 0 spiro atoms. The first kappa shape index (κ1) is 15.0. The average molecular weight is 296 g/mol. The summed E-state index contributed by atoms with van der Waals surface area (Å²) in [5.74, 6) is -3.32. The predicted octanol–water partition coefficient (Wildman–Crippen LogP) is 1.82. The second-order valence-electron chi connectivity index (χ2n) is 4.80. The van der Waals surface area contributed by atoms with E-state index in [4.69, 9.17) is 5.11 Å². The number of tetrazole rings is 1. The summed E-state index contributed by atoms with van der Waals surface area (Å²) in [5.41, 5.74) is 0.112. The second-order valence-corrected chi connectivity index (χ2v) is 4.80. The van der Waals surface area contributed by atoms with Crippen LogP contribution in [0, 0.1) is 17.6 Å². The zero-order chi connectivity index (χ0) is 15.6. The van der Waals surface area contributed by atoms with Gasteiger partial charge in [0, 0.05) is 6.42 Å². The number of rotatable bonds is 5. The van der Waals surface area contributed by atoms with Crippen LogP contribution in [-0.4, -0.2) is 31.3 Å². The van der Waals surface area contributed by atoms with E-state index in [1.165, 1.54) is 23.7 Å². The molecule has 8 heteroatoms. The van der Waals surface area contributed by atoms with Crippen molar-refractivity contribution in [2.45, 2.75) is 26.3 Å². The summed E-state index contributed by atoms with van der Waals surface area (Å²) in [4.78, 5) is 11.0. The van der Waals surface area contributed by atoms with Crippen LogP contribution < -0.4 is 0 Å². The molecule has 0 amide bonds. The van der Waals surface area contributed by atoms with Crippen molar-refractivity contribution in [2.75, 3.05) is 0 Å². The van der Waals surface area contributed by atoms with Gasteiger partial charge in [0.15, 0.2) is 17.5 Å². The van der Waals surface area contributed by atoms with Crippen molar-refractivity contribution >= 4 is 5.97 Å². The highest BCUT2D eigenvalue weighted by atomic mass is 19.2. The molecule has 0 saturated carbocycles. The highest BCUT2D eigenvalue weighted by molar-refractivity contribution is 5.70. The molecule has 21 heavy (non-hydrogen) atoms. The first-order valence-corrected chi connectivity index (χ1v) is 6.34. The zero-order valence-corrected chi connectivity index (χ0v) is 11.5. The molecular weight excluding hydrogens is 282 g/mol. The standard InChI is InChI=1S/C13H14F2N4O2/c1-7(13(20)21)8(2)19-11(16-17-18-19)6-9-4-3-5-10(14)12(9)15/h3-5,7-8H,6H2,1-2H3,(H,20,21). The molecule has 112 valence electrons. The van der Waals surface area contributed by atoms with Gasteiger partial charge in [-0.2, -0.15) is 0 Å². The number of aliphatic carboxylic acids is 1. The average Bonchev–Trinajstić information content (AvgIpc) is 2.90. The third-order valence-corrected chi connectivity index (χ3v) is 3.44. The van der Waals surface area contributed by atoms with Gasteiger partial charge in [-0.25, -0.2) is 13.5 Å². The predicted molar refractivity (Wildman–Crippen MR) is 68.5 cm³/mol. The summed E-state index contributed by atoms with van der Waals surface area (Å²) in [6.07, 6.45) is -0.0206. The fourth-order valence-electron chi connectivity index (χ4n) is 1.92. The highest BCUT2D eigenvalue weighted by Gasteiger charge is 2.25. The fraction of sp³-hybridized carbons (Fsp3) is 0.385. The molecule has 1 aromatic carbocycles. The van der Waals surface area contributed by atoms with Crippen molar-refractivity contribution in [3.63, 3.8) is 0 Å². The van der Waals surface area contributed by atoms with Gasteiger partial charge in [0.05, 0.1) is 12.0 Å². The zero-order valence-electron chi connectivity index (χ0n) is 11.5. The Morgan fingerprint density at radius 3 is 2.76 bits per heavy atom. The van der Waals surface area contributed by atoms with Crippen LogP contribution in [0.25, 0.3) is 0 Å². The second kappa shape index (κ2) is 5.94. The quantitative estimate of drug-likeness (QED) is 0.910. The van der Waals surface area contributed by atoms with Crippen molar-refractivity contribution < 1.29 is 18.7 Å². The Labute approximate surface area is 119 Å². The molecule has 0 aliphatic heterocycles. The number of aromatic nitrogens is 4. The Bertz CT molecular complexity index is 659. The monoisotopic (exact) mass is 296 g/mol. The van der Waals surface area contributed by atoms with Gasteiger partial charge in [-0.1, -0.05) is 12.1 Å². The number of carboxylic acid groups (broad SMARTS) is 1. The van der Waals surface area contributed by atoms with Crippen LogP contribution in [0.1, 0.15) is 31.3 Å². The molecule has 6 nitrogen and oxygen atoms in total. The molecule has 1 N–H and O–H groups in total. The molecule has 0 aliphatic rings. The van der Waals surface area contributed by atoms with E-state index in [0.717, 1.165) is 6.07 Å². The molecule has 2 aromatic rings. The van der Waals surface area contributed by atoms with E-state index in [1.807, 2.05) is 0 Å². The molecular formula is C13H14F2N4O2. The molecule has 0 saturated heterocycles. The smallest absolute Gasteiger partial charge is 0.308 e. The Morgan fingerprint density at radius 2 is 2.10 bits per heavy atom. The van der Waals surface area contributed by atoms with Crippen molar-refractivity contribution in [2.24, 2.45) is 5.92 Å². The van der Waals surface area contributed by atoms with E-state index >= 15 is 0 Å². The Morgan fingerprint density at radius 1 is 1.38 bits per heavy atom. The molecule has 1 heterocycles. The molecule has 0 radical (unpaired) electrons. The molecule has 2 unspecified atom stereocenters. The van der Waals surface area contributed by atoms with E-state index in [9.17, 15) is 13.6 Å². The van der Waals surface area contributed by atoms with Crippen molar-refractivity contribution in [3.05, 3.63) is 41.2 Å². The molecule has 0 aliphatic carbocycles. The summed E-state index contributed by atoms with van der Waals surface area (Å²) in [5, 5.41) is 20.0. The lowest BCUT2D eigenvalue weighted by Gasteiger charge is -2.17. The Kier molecular flexibility index (Phi) is 4.25. The van der Waals surface area contributed by atoms with E-state index in [0.29, 0.717) is 0 Å². The first-order valence-electron chi connectivity index (χ1n) is 6.34. The van der Waals surface area contributed by atoms with E-state index in [1.54, 1.807) is 6.92 Å². The number of hydrogen-bond donors (Lipinski definition) is 1. The first-order chi connectivity index (χ1) is 9.91. The van der Waals surface area contributed by atoms with Gasteiger partial charge >= 0.3 is 5.97 Å². The van der Waals surface area contributed by atoms with Crippen LogP contribution in [0.4, 0.5) is 8.78 Å². The van der Waals surface area contributed by atoms with Gasteiger partial charge in [-0.3, -0.25) is 4.79 Å². The number of carbonyl (C=O) groups is 1. The number of hydrogen-bond acceptors (Lipinski definition) is 4. The molecule has 0 bridgehead atoms. The summed E-state index contributed by atoms with van der Waals surface area (Å²) >= 11 is 0. The normalized spacial score (nSPS) is 13.9. The minimum Gasteiger partial charge on any atom is -0.481 e. The lowest BCUT2D eigenvalue weighted by Crippen LogP contribution is -2.24. The van der Waals surface area contributed by atoms with Gasteiger partial charge in [-0.15, -0.1) is 5.10 Å². The van der Waals surface area contributed by atoms with Gasteiger partial charge in [0.2, 0.25) is 0 Å². The minimum atomic E-state index is -0.985. The van der Waals surface area contributed by atoms with Crippen LogP contribution in [0.15, 0.2) is 18.2 Å². The Balaban J connectivity index is 2.29. The van der Waals surface area contributed by atoms with Crippen LogP contribution in [0.5, 0.6) is 0 Å². The number of carboxylic acids is 1. The largest absolute Gasteiger partial charge is 0.481 e. The summed E-state index contributed by atoms with van der Waals surface area (Å²) in [7, 11) is 0. The minimum absolute atomic E-state index is 0.0206. The van der Waals surface area contributed by atoms with Crippen LogP contribution in [0.3, 0.4) is 0 Å². The molecule has 1 aromatic heterocycles. The number of nitrogens with zero attached hydrogens (tertiary/aromatic N) is 4. The van der Waals surface area contributed by atoms with Crippen LogP contribution >= 0.6 is 0 Å². The van der Waals surface area contributed by atoms with Gasteiger partial charge in [-0.05, 0) is 35.9 Å². The highest BCUT2D eigenvalue weighted by Crippen LogP contribution is 2.20. The molecule has 2 atom stereocenters. The maximum atomic E-state index is 13.7. The van der Waals surface area contributed by atoms with E-state index in [2.05, 4.69) is 15.5 Å². The van der Waals surface area contributed by atoms with Gasteiger partial charge in [0.1, 0.15) is 0 Å². The topological polar surface area (TPSA) is 80.9 Å². The van der Waals surface area contributed by atoms with Crippen molar-refractivity contribution in [1.82, 2.24) is 20.2 Å². The molecule has 2 rings (SSSR count). The third-order valence-electron chi connectivity index (χ3n) is 3.44. The number of halogens is 2. The van der Waals surface area contributed by atoms with E-state index in [-0.39, 0.29) is 17.8 Å². The summed E-state index contributed by atoms with van der Waals surface area (Å²) in [6, 6.07) is 3.34. The lowest BCUT2D eigenvalue weighted by atomic mass is 10.0. The fourth-order valence-corrected chi connectivity index (χ4v) is 1.92. The van der Waals surface area contributed by atoms with E-state index < -0.39 is 29.6 Å². The van der Waals surface area contributed by atoms with Crippen LogP contribution in [-0.2, 0) is 11.2 Å². The third kappa shape index (κ3) is 3.04. The SMILES string of the molecule is CC(C(=O)O)C(C)n1nnnc1Cc1cccc(F)c1F. The van der Waals surface area contributed by atoms with Crippen molar-refractivity contribution in [3.8, 4) is 0 Å². The Hall–Kier alpha value is -2.38. The maximum Gasteiger partial charge on any atom is 0.308 e. The summed E-state index contributed by atoms with van der Waals surface area (Å²) in [6.45, 7) is 3.18. The van der Waals surface area contributed by atoms with Crippen molar-refractivity contribution in [1.29, 1.82) is 0 Å². The van der Waals surface area contributed by atoms with Gasteiger partial charge in [0.25, 0.3) is 0 Å².